The third-order valence-electron chi connectivity index (χ3n) is 3.86. The fourth-order valence-electron chi connectivity index (χ4n) is 2.83. The van der Waals surface area contributed by atoms with Gasteiger partial charge in [-0.3, -0.25) is 0 Å². The summed E-state index contributed by atoms with van der Waals surface area (Å²) in [6, 6.07) is 0.746. The summed E-state index contributed by atoms with van der Waals surface area (Å²) < 4.78 is 0. The van der Waals surface area contributed by atoms with Gasteiger partial charge < -0.3 is 15.1 Å². The fourth-order valence-corrected chi connectivity index (χ4v) is 2.83. The van der Waals surface area contributed by atoms with Crippen LogP contribution in [0.25, 0.3) is 0 Å². The zero-order chi connectivity index (χ0) is 13.7. The second kappa shape index (κ2) is 6.93. The number of hydrogen-bond acceptors (Lipinski definition) is 5. The van der Waals surface area contributed by atoms with Crippen LogP contribution in [-0.4, -0.2) is 66.1 Å². The Bertz CT molecular complexity index is 369. The molecule has 5 nitrogen and oxygen atoms in total. The summed E-state index contributed by atoms with van der Waals surface area (Å²) in [4.78, 5) is 13.2. The molecule has 1 saturated heterocycles. The molecular formula is C14H25N5. The molecule has 0 amide bonds. The van der Waals surface area contributed by atoms with Crippen molar-refractivity contribution < 1.29 is 0 Å². The Balaban J connectivity index is 2.21. The minimum atomic E-state index is 0.289. The van der Waals surface area contributed by atoms with E-state index in [1.165, 1.54) is 18.5 Å². The van der Waals surface area contributed by atoms with Gasteiger partial charge >= 0.3 is 0 Å². The Morgan fingerprint density at radius 3 is 2.74 bits per heavy atom. The van der Waals surface area contributed by atoms with Crippen LogP contribution in [0.15, 0.2) is 18.7 Å². The molecule has 1 fully saturated rings. The average Bonchev–Trinajstić information content (AvgIpc) is 2.59. The highest BCUT2D eigenvalue weighted by atomic mass is 15.2. The molecule has 1 aliphatic rings. The highest BCUT2D eigenvalue weighted by Gasteiger charge is 2.29. The fraction of sp³-hybridized carbons (Fsp3) is 0.714. The van der Waals surface area contributed by atoms with Crippen LogP contribution in [0.5, 0.6) is 0 Å². The summed E-state index contributed by atoms with van der Waals surface area (Å²) in [6.45, 7) is 6.49. The van der Waals surface area contributed by atoms with Crippen LogP contribution in [0.1, 0.15) is 24.9 Å². The van der Waals surface area contributed by atoms with E-state index in [9.17, 15) is 0 Å². The molecule has 0 bridgehead atoms. The molecule has 1 aromatic rings. The predicted octanol–water partition coefficient (Wildman–Crippen LogP) is 0.763. The quantitative estimate of drug-likeness (QED) is 0.869. The average molecular weight is 263 g/mol. The number of rotatable bonds is 4. The molecule has 2 atom stereocenters. The van der Waals surface area contributed by atoms with Crippen LogP contribution in [0, 0.1) is 0 Å². The van der Waals surface area contributed by atoms with Crippen molar-refractivity contribution in [2.24, 2.45) is 0 Å². The van der Waals surface area contributed by atoms with Crippen molar-refractivity contribution in [3.05, 3.63) is 24.3 Å². The van der Waals surface area contributed by atoms with Crippen LogP contribution in [0.4, 0.5) is 0 Å². The molecule has 0 spiro atoms. The highest BCUT2D eigenvalue weighted by Crippen LogP contribution is 2.22. The molecule has 19 heavy (non-hydrogen) atoms. The summed E-state index contributed by atoms with van der Waals surface area (Å²) in [5.41, 5.74) is 1.18. The number of hydrogen-bond donors (Lipinski definition) is 1. The van der Waals surface area contributed by atoms with E-state index < -0.39 is 0 Å². The Kier molecular flexibility index (Phi) is 5.24. The number of nitrogens with zero attached hydrogens (tertiary/aromatic N) is 4. The van der Waals surface area contributed by atoms with Crippen molar-refractivity contribution in [1.82, 2.24) is 25.1 Å². The first-order valence-corrected chi connectivity index (χ1v) is 7.09. The minimum absolute atomic E-state index is 0.289. The Hall–Kier alpha value is -1.04. The predicted molar refractivity (Wildman–Crippen MR) is 77.0 cm³/mol. The third-order valence-corrected chi connectivity index (χ3v) is 3.86. The third kappa shape index (κ3) is 3.72. The van der Waals surface area contributed by atoms with Gasteiger partial charge in [-0.15, -0.1) is 0 Å². The molecule has 0 saturated carbocycles. The molecule has 1 aromatic heterocycles. The summed E-state index contributed by atoms with van der Waals surface area (Å²) in [5, 5.41) is 3.60. The standard InChI is InChI=1S/C14H25N5/c1-4-17-14(12-8-15-11-16-9-12)13-10-18(2)6-5-7-19(13)3/h8-9,11,13-14,17H,4-7,10H2,1-3H3. The van der Waals surface area contributed by atoms with Gasteiger partial charge in [-0.05, 0) is 40.2 Å². The van der Waals surface area contributed by atoms with Crippen molar-refractivity contribution in [3.8, 4) is 0 Å². The van der Waals surface area contributed by atoms with E-state index in [1.807, 2.05) is 12.4 Å². The maximum absolute atomic E-state index is 4.17. The molecule has 1 aliphatic heterocycles. The smallest absolute Gasteiger partial charge is 0.115 e. The lowest BCUT2D eigenvalue weighted by molar-refractivity contribution is 0.179. The SMILES string of the molecule is CCNC(c1cncnc1)C1CN(C)CCCN1C. The normalized spacial score (nSPS) is 24.1. The van der Waals surface area contributed by atoms with Crippen LogP contribution in [0.3, 0.4) is 0 Å². The first-order valence-electron chi connectivity index (χ1n) is 7.09. The van der Waals surface area contributed by atoms with Gasteiger partial charge in [0.2, 0.25) is 0 Å². The van der Waals surface area contributed by atoms with E-state index in [0.29, 0.717) is 6.04 Å². The Morgan fingerprint density at radius 1 is 1.32 bits per heavy atom. The summed E-state index contributed by atoms with van der Waals surface area (Å²) in [5.74, 6) is 0. The summed E-state index contributed by atoms with van der Waals surface area (Å²) in [7, 11) is 4.43. The van der Waals surface area contributed by atoms with Gasteiger partial charge in [0.1, 0.15) is 6.33 Å². The van der Waals surface area contributed by atoms with Gasteiger partial charge in [0.25, 0.3) is 0 Å². The molecule has 1 N–H and O–H groups in total. The van der Waals surface area contributed by atoms with Crippen molar-refractivity contribution in [1.29, 1.82) is 0 Å². The minimum Gasteiger partial charge on any atom is -0.309 e. The van der Waals surface area contributed by atoms with E-state index in [4.69, 9.17) is 0 Å². The van der Waals surface area contributed by atoms with E-state index in [0.717, 1.165) is 19.6 Å². The second-order valence-corrected chi connectivity index (χ2v) is 5.37. The zero-order valence-corrected chi connectivity index (χ0v) is 12.2. The Labute approximate surface area is 116 Å². The molecule has 0 aromatic carbocycles. The maximum atomic E-state index is 4.17. The van der Waals surface area contributed by atoms with Gasteiger partial charge in [-0.25, -0.2) is 9.97 Å². The molecule has 2 rings (SSSR count). The number of likely N-dealkylation sites (N-methyl/N-ethyl adjacent to an activating group) is 3. The van der Waals surface area contributed by atoms with Crippen LogP contribution in [0.2, 0.25) is 0 Å². The summed E-state index contributed by atoms with van der Waals surface area (Å²) in [6.07, 6.45) is 6.68. The van der Waals surface area contributed by atoms with Crippen LogP contribution < -0.4 is 5.32 Å². The maximum Gasteiger partial charge on any atom is 0.115 e. The van der Waals surface area contributed by atoms with Crippen molar-refractivity contribution in [3.63, 3.8) is 0 Å². The first kappa shape index (κ1) is 14.4. The first-order chi connectivity index (χ1) is 9.22. The van der Waals surface area contributed by atoms with E-state index in [-0.39, 0.29) is 6.04 Å². The summed E-state index contributed by atoms with van der Waals surface area (Å²) >= 11 is 0. The lowest BCUT2D eigenvalue weighted by atomic mass is 10.0. The number of nitrogens with one attached hydrogen (secondary N) is 1. The van der Waals surface area contributed by atoms with Gasteiger partial charge in [-0.1, -0.05) is 6.92 Å². The van der Waals surface area contributed by atoms with Crippen molar-refractivity contribution >= 4 is 0 Å². The largest absolute Gasteiger partial charge is 0.309 e. The lowest BCUT2D eigenvalue weighted by Gasteiger charge is -2.35. The van der Waals surface area contributed by atoms with E-state index in [1.54, 1.807) is 6.33 Å². The second-order valence-electron chi connectivity index (χ2n) is 5.37. The Morgan fingerprint density at radius 2 is 2.05 bits per heavy atom. The molecule has 2 heterocycles. The van der Waals surface area contributed by atoms with Crippen molar-refractivity contribution in [2.45, 2.75) is 25.4 Å². The molecule has 106 valence electrons. The van der Waals surface area contributed by atoms with E-state index >= 15 is 0 Å². The van der Waals surface area contributed by atoms with Crippen LogP contribution >= 0.6 is 0 Å². The molecule has 5 heteroatoms. The van der Waals surface area contributed by atoms with Gasteiger partial charge in [0.15, 0.2) is 0 Å². The molecule has 0 radical (unpaired) electrons. The molecule has 2 unspecified atom stereocenters. The van der Waals surface area contributed by atoms with Gasteiger partial charge in [0.05, 0.1) is 6.04 Å². The monoisotopic (exact) mass is 263 g/mol. The number of aromatic nitrogens is 2. The zero-order valence-electron chi connectivity index (χ0n) is 12.2. The van der Waals surface area contributed by atoms with Gasteiger partial charge in [-0.2, -0.15) is 0 Å². The molecular weight excluding hydrogens is 238 g/mol. The lowest BCUT2D eigenvalue weighted by Crippen LogP contribution is -2.47. The van der Waals surface area contributed by atoms with E-state index in [2.05, 4.69) is 46.1 Å². The highest BCUT2D eigenvalue weighted by molar-refractivity contribution is 5.13. The van der Waals surface area contributed by atoms with Crippen LogP contribution in [-0.2, 0) is 0 Å². The topological polar surface area (TPSA) is 44.3 Å². The molecule has 0 aliphatic carbocycles. The van der Waals surface area contributed by atoms with Gasteiger partial charge in [0, 0.05) is 30.5 Å². The van der Waals surface area contributed by atoms with Crippen molar-refractivity contribution in [2.75, 3.05) is 40.3 Å².